The van der Waals surface area contributed by atoms with Gasteiger partial charge in [-0.05, 0) is 61.9 Å². The Kier molecular flexibility index (Phi) is 8.23. The molecule has 0 aliphatic heterocycles. The van der Waals surface area contributed by atoms with E-state index in [0.717, 1.165) is 5.56 Å². The maximum Gasteiger partial charge on any atom is 0.338 e. The number of rotatable bonds is 9. The summed E-state index contributed by atoms with van der Waals surface area (Å²) in [5, 5.41) is 5.46. The molecule has 0 aromatic heterocycles. The Hall–Kier alpha value is -4.33. The predicted molar refractivity (Wildman–Crippen MR) is 128 cm³/mol. The number of benzene rings is 3. The van der Waals surface area contributed by atoms with E-state index in [2.05, 4.69) is 10.6 Å². The van der Waals surface area contributed by atoms with Gasteiger partial charge in [-0.1, -0.05) is 24.3 Å². The molecule has 0 fully saturated rings. The van der Waals surface area contributed by atoms with Crippen molar-refractivity contribution in [1.29, 1.82) is 0 Å². The van der Waals surface area contributed by atoms with Crippen molar-refractivity contribution in [3.8, 4) is 11.5 Å². The molecule has 2 amide bonds. The van der Waals surface area contributed by atoms with Gasteiger partial charge in [-0.15, -0.1) is 0 Å². The van der Waals surface area contributed by atoms with E-state index in [1.54, 1.807) is 49.6 Å². The van der Waals surface area contributed by atoms with Crippen LogP contribution in [0.5, 0.6) is 11.5 Å². The van der Waals surface area contributed by atoms with Crippen LogP contribution in [0.4, 0.5) is 11.4 Å². The Morgan fingerprint density at radius 1 is 0.882 bits per heavy atom. The lowest BCUT2D eigenvalue weighted by Gasteiger charge is -2.15. The normalized spacial score (nSPS) is 11.1. The first-order valence-electron chi connectivity index (χ1n) is 10.6. The van der Waals surface area contributed by atoms with Gasteiger partial charge in [-0.2, -0.15) is 0 Å². The molecule has 3 rings (SSSR count). The van der Waals surface area contributed by atoms with Crippen molar-refractivity contribution in [3.05, 3.63) is 83.9 Å². The molecule has 3 aromatic rings. The molecule has 1 atom stereocenters. The van der Waals surface area contributed by atoms with Gasteiger partial charge in [0, 0.05) is 17.4 Å². The largest absolute Gasteiger partial charge is 0.497 e. The molecular weight excluding hydrogens is 436 g/mol. The van der Waals surface area contributed by atoms with Crippen LogP contribution in [0.25, 0.3) is 0 Å². The summed E-state index contributed by atoms with van der Waals surface area (Å²) in [7, 11) is 1.55. The second-order valence-corrected chi connectivity index (χ2v) is 7.44. The van der Waals surface area contributed by atoms with Crippen LogP contribution in [0.2, 0.25) is 0 Å². The van der Waals surface area contributed by atoms with Crippen LogP contribution in [0.15, 0.2) is 72.8 Å². The summed E-state index contributed by atoms with van der Waals surface area (Å²) >= 11 is 0. The summed E-state index contributed by atoms with van der Waals surface area (Å²) in [5.74, 6) is -0.379. The van der Waals surface area contributed by atoms with Crippen molar-refractivity contribution in [3.63, 3.8) is 0 Å². The molecule has 34 heavy (non-hydrogen) atoms. The van der Waals surface area contributed by atoms with Gasteiger partial charge in [0.2, 0.25) is 0 Å². The number of aryl methyl sites for hydroxylation is 1. The van der Waals surface area contributed by atoms with E-state index in [1.165, 1.54) is 19.1 Å². The molecule has 1 unspecified atom stereocenters. The summed E-state index contributed by atoms with van der Waals surface area (Å²) in [4.78, 5) is 36.9. The number of hydrogen-bond donors (Lipinski definition) is 2. The second kappa shape index (κ2) is 11.5. The molecule has 0 aliphatic rings. The zero-order chi connectivity index (χ0) is 24.5. The fourth-order valence-corrected chi connectivity index (χ4v) is 2.96. The summed E-state index contributed by atoms with van der Waals surface area (Å²) in [6, 6.07) is 20.4. The van der Waals surface area contributed by atoms with Crippen molar-refractivity contribution in [2.24, 2.45) is 0 Å². The zero-order valence-corrected chi connectivity index (χ0v) is 19.2. The molecule has 8 nitrogen and oxygen atoms in total. The number of carbonyl (C=O) groups excluding carboxylic acids is 3. The van der Waals surface area contributed by atoms with E-state index < -0.39 is 18.0 Å². The highest BCUT2D eigenvalue weighted by molar-refractivity contribution is 5.97. The average Bonchev–Trinajstić information content (AvgIpc) is 2.84. The van der Waals surface area contributed by atoms with Gasteiger partial charge in [0.15, 0.2) is 12.7 Å². The minimum absolute atomic E-state index is 0.211. The lowest BCUT2D eigenvalue weighted by Crippen LogP contribution is -2.30. The van der Waals surface area contributed by atoms with Gasteiger partial charge < -0.3 is 24.8 Å². The highest BCUT2D eigenvalue weighted by Gasteiger charge is 2.19. The molecule has 0 aliphatic carbocycles. The van der Waals surface area contributed by atoms with Gasteiger partial charge in [0.05, 0.1) is 12.7 Å². The van der Waals surface area contributed by atoms with Crippen molar-refractivity contribution >= 4 is 29.2 Å². The fraction of sp³-hybridized carbons (Fsp3) is 0.192. The number of hydrogen-bond acceptors (Lipinski definition) is 6. The standard InChI is InChI=1S/C26H26N2O6/c1-17-7-4-5-10-23(17)28-25(30)18(2)34-26(31)19-11-13-21(14-12-19)33-16-24(29)27-20-8-6-9-22(15-20)32-3/h4-15,18H,16H2,1-3H3,(H,27,29)(H,28,30). The average molecular weight is 463 g/mol. The number of carbonyl (C=O) groups is 3. The highest BCUT2D eigenvalue weighted by Crippen LogP contribution is 2.18. The van der Waals surface area contributed by atoms with Crippen molar-refractivity contribution < 1.29 is 28.6 Å². The first-order chi connectivity index (χ1) is 16.4. The SMILES string of the molecule is COc1cccc(NC(=O)COc2ccc(C(=O)OC(C)C(=O)Nc3ccccc3C)cc2)c1. The molecule has 0 saturated heterocycles. The second-order valence-electron chi connectivity index (χ2n) is 7.44. The van der Waals surface area contributed by atoms with Gasteiger partial charge in [-0.25, -0.2) is 4.79 Å². The summed E-state index contributed by atoms with van der Waals surface area (Å²) < 4.78 is 15.9. The Morgan fingerprint density at radius 2 is 1.62 bits per heavy atom. The van der Waals surface area contributed by atoms with E-state index in [1.807, 2.05) is 25.1 Å². The first-order valence-corrected chi connectivity index (χ1v) is 10.6. The van der Waals surface area contributed by atoms with Crippen LogP contribution < -0.4 is 20.1 Å². The van der Waals surface area contributed by atoms with Crippen molar-refractivity contribution in [2.75, 3.05) is 24.4 Å². The van der Waals surface area contributed by atoms with E-state index in [4.69, 9.17) is 14.2 Å². The minimum Gasteiger partial charge on any atom is -0.497 e. The summed E-state index contributed by atoms with van der Waals surface area (Å²) in [6.45, 7) is 3.17. The smallest absolute Gasteiger partial charge is 0.338 e. The predicted octanol–water partition coefficient (Wildman–Crippen LogP) is 4.21. The molecule has 0 bridgehead atoms. The van der Waals surface area contributed by atoms with Gasteiger partial charge >= 0.3 is 5.97 Å². The van der Waals surface area contributed by atoms with Crippen LogP contribution in [-0.2, 0) is 14.3 Å². The molecule has 2 N–H and O–H groups in total. The number of amides is 2. The third kappa shape index (κ3) is 6.83. The maximum atomic E-state index is 12.4. The van der Waals surface area contributed by atoms with Gasteiger partial charge in [0.1, 0.15) is 11.5 Å². The quantitative estimate of drug-likeness (QED) is 0.462. The zero-order valence-electron chi connectivity index (χ0n) is 19.2. The number of para-hydroxylation sites is 1. The van der Waals surface area contributed by atoms with E-state index in [9.17, 15) is 14.4 Å². The summed E-state index contributed by atoms with van der Waals surface area (Å²) in [5.41, 5.74) is 2.41. The number of ether oxygens (including phenoxy) is 3. The number of methoxy groups -OCH3 is 1. The van der Waals surface area contributed by atoms with Gasteiger partial charge in [0.25, 0.3) is 11.8 Å². The minimum atomic E-state index is -0.983. The number of anilines is 2. The molecule has 0 heterocycles. The van der Waals surface area contributed by atoms with E-state index in [0.29, 0.717) is 22.9 Å². The monoisotopic (exact) mass is 462 g/mol. The third-order valence-electron chi connectivity index (χ3n) is 4.87. The van der Waals surface area contributed by atoms with Crippen LogP contribution in [0, 0.1) is 6.92 Å². The molecular formula is C26H26N2O6. The molecule has 0 radical (unpaired) electrons. The first kappa shape index (κ1) is 24.3. The fourth-order valence-electron chi connectivity index (χ4n) is 2.96. The van der Waals surface area contributed by atoms with Crippen LogP contribution in [0.1, 0.15) is 22.8 Å². The maximum absolute atomic E-state index is 12.4. The van der Waals surface area contributed by atoms with Crippen molar-refractivity contribution in [2.45, 2.75) is 20.0 Å². The lowest BCUT2D eigenvalue weighted by atomic mass is 10.2. The van der Waals surface area contributed by atoms with Crippen LogP contribution >= 0.6 is 0 Å². The van der Waals surface area contributed by atoms with Gasteiger partial charge in [-0.3, -0.25) is 9.59 Å². The Morgan fingerprint density at radius 3 is 2.32 bits per heavy atom. The lowest BCUT2D eigenvalue weighted by molar-refractivity contribution is -0.123. The Labute approximate surface area is 197 Å². The number of esters is 1. The van der Waals surface area contributed by atoms with Crippen LogP contribution in [-0.4, -0.2) is 37.6 Å². The van der Waals surface area contributed by atoms with E-state index >= 15 is 0 Å². The highest BCUT2D eigenvalue weighted by atomic mass is 16.5. The summed E-state index contributed by atoms with van der Waals surface area (Å²) in [6.07, 6.45) is -0.983. The molecule has 176 valence electrons. The molecule has 8 heteroatoms. The van der Waals surface area contributed by atoms with E-state index in [-0.39, 0.29) is 18.1 Å². The molecule has 3 aromatic carbocycles. The molecule has 0 spiro atoms. The Balaban J connectivity index is 1.48. The Bertz CT molecular complexity index is 1160. The van der Waals surface area contributed by atoms with Crippen LogP contribution in [0.3, 0.4) is 0 Å². The molecule has 0 saturated carbocycles. The number of nitrogens with one attached hydrogen (secondary N) is 2. The van der Waals surface area contributed by atoms with Crippen molar-refractivity contribution in [1.82, 2.24) is 0 Å². The topological polar surface area (TPSA) is 103 Å². The third-order valence-corrected chi connectivity index (χ3v) is 4.87.